The Bertz CT molecular complexity index is 306. The molecule has 0 aromatic rings. The summed E-state index contributed by atoms with van der Waals surface area (Å²) in [5, 5.41) is 0. The first-order valence-corrected chi connectivity index (χ1v) is 6.40. The minimum atomic E-state index is 0.410. The van der Waals surface area contributed by atoms with Crippen molar-refractivity contribution in [2.45, 2.75) is 53.4 Å². The van der Waals surface area contributed by atoms with Crippen molar-refractivity contribution in [2.24, 2.45) is 17.3 Å². The number of fused-ring (bicyclic) bond motifs is 1. The first kappa shape index (κ1) is 11.0. The van der Waals surface area contributed by atoms with Gasteiger partial charge >= 0.3 is 0 Å². The van der Waals surface area contributed by atoms with E-state index in [0.29, 0.717) is 5.41 Å². The highest BCUT2D eigenvalue weighted by Crippen LogP contribution is 2.49. The summed E-state index contributed by atoms with van der Waals surface area (Å²) in [5.74, 6) is 1.77. The maximum atomic E-state index is 2.46. The third kappa shape index (κ3) is 1.91. The summed E-state index contributed by atoms with van der Waals surface area (Å²) in [6.45, 7) is 9.52. The standard InChI is InChI=1S/C15H24/c1-11(2)13-7-9-15(4)8-5-6-12(3)14(15)10-13/h5,8,11,13H,6-7,9-10H2,1-4H3. The summed E-state index contributed by atoms with van der Waals surface area (Å²) >= 11 is 0. The molecule has 15 heavy (non-hydrogen) atoms. The number of hydrogen-bond acceptors (Lipinski definition) is 0. The van der Waals surface area contributed by atoms with Gasteiger partial charge in [0.25, 0.3) is 0 Å². The minimum absolute atomic E-state index is 0.410. The zero-order valence-electron chi connectivity index (χ0n) is 10.6. The van der Waals surface area contributed by atoms with Gasteiger partial charge in [0.05, 0.1) is 0 Å². The fraction of sp³-hybridized carbons (Fsp3) is 0.733. The average molecular weight is 204 g/mol. The van der Waals surface area contributed by atoms with E-state index in [4.69, 9.17) is 0 Å². The Morgan fingerprint density at radius 3 is 2.80 bits per heavy atom. The topological polar surface area (TPSA) is 0 Å². The molecule has 0 heteroatoms. The van der Waals surface area contributed by atoms with Crippen molar-refractivity contribution in [3.05, 3.63) is 23.3 Å². The van der Waals surface area contributed by atoms with Crippen LogP contribution in [0.5, 0.6) is 0 Å². The van der Waals surface area contributed by atoms with Gasteiger partial charge < -0.3 is 0 Å². The average Bonchev–Trinajstić information content (AvgIpc) is 2.17. The Kier molecular flexibility index (Phi) is 2.79. The zero-order valence-corrected chi connectivity index (χ0v) is 10.6. The van der Waals surface area contributed by atoms with Crippen molar-refractivity contribution < 1.29 is 0 Å². The molecule has 2 aliphatic rings. The van der Waals surface area contributed by atoms with Crippen LogP contribution in [0.25, 0.3) is 0 Å². The smallest absolute Gasteiger partial charge is 0.00654 e. The molecule has 2 unspecified atom stereocenters. The highest BCUT2D eigenvalue weighted by molar-refractivity contribution is 5.33. The van der Waals surface area contributed by atoms with Gasteiger partial charge in [0.2, 0.25) is 0 Å². The largest absolute Gasteiger partial charge is 0.0836 e. The zero-order chi connectivity index (χ0) is 11.1. The summed E-state index contributed by atoms with van der Waals surface area (Å²) in [5.41, 5.74) is 3.81. The second-order valence-corrected chi connectivity index (χ2v) is 6.03. The molecule has 0 heterocycles. The van der Waals surface area contributed by atoms with E-state index in [1.807, 2.05) is 0 Å². The Labute approximate surface area is 94.5 Å². The molecule has 2 aliphatic carbocycles. The van der Waals surface area contributed by atoms with Crippen molar-refractivity contribution in [2.75, 3.05) is 0 Å². The van der Waals surface area contributed by atoms with E-state index in [1.165, 1.54) is 25.7 Å². The molecular formula is C15H24. The van der Waals surface area contributed by atoms with Crippen LogP contribution in [0.15, 0.2) is 23.3 Å². The van der Waals surface area contributed by atoms with Crippen LogP contribution in [-0.2, 0) is 0 Å². The molecule has 2 atom stereocenters. The van der Waals surface area contributed by atoms with E-state index in [-0.39, 0.29) is 0 Å². The van der Waals surface area contributed by atoms with Gasteiger partial charge in [0.15, 0.2) is 0 Å². The van der Waals surface area contributed by atoms with Gasteiger partial charge in [-0.3, -0.25) is 0 Å². The fourth-order valence-corrected chi connectivity index (χ4v) is 3.27. The Balaban J connectivity index is 2.24. The molecule has 0 aliphatic heterocycles. The first-order valence-electron chi connectivity index (χ1n) is 6.40. The van der Waals surface area contributed by atoms with Crippen LogP contribution in [0.1, 0.15) is 53.4 Å². The molecule has 1 fully saturated rings. The highest BCUT2D eigenvalue weighted by atomic mass is 14.4. The van der Waals surface area contributed by atoms with E-state index in [2.05, 4.69) is 39.8 Å². The van der Waals surface area contributed by atoms with Gasteiger partial charge in [-0.05, 0) is 44.4 Å². The summed E-state index contributed by atoms with van der Waals surface area (Å²) in [6.07, 6.45) is 10.1. The minimum Gasteiger partial charge on any atom is -0.0836 e. The lowest BCUT2D eigenvalue weighted by Crippen LogP contribution is -2.30. The number of allylic oxidation sites excluding steroid dienone is 4. The molecule has 0 N–H and O–H groups in total. The van der Waals surface area contributed by atoms with Crippen LogP contribution < -0.4 is 0 Å². The molecule has 0 nitrogen and oxygen atoms in total. The Morgan fingerprint density at radius 2 is 2.13 bits per heavy atom. The molecule has 1 saturated carbocycles. The van der Waals surface area contributed by atoms with Crippen molar-refractivity contribution in [1.82, 2.24) is 0 Å². The third-order valence-corrected chi connectivity index (χ3v) is 4.56. The Hall–Kier alpha value is -0.520. The molecule has 84 valence electrons. The molecule has 0 amide bonds. The normalized spacial score (nSPS) is 35.9. The van der Waals surface area contributed by atoms with Crippen LogP contribution in [0, 0.1) is 17.3 Å². The van der Waals surface area contributed by atoms with Crippen LogP contribution in [0.4, 0.5) is 0 Å². The van der Waals surface area contributed by atoms with Crippen LogP contribution in [0.2, 0.25) is 0 Å². The van der Waals surface area contributed by atoms with Gasteiger partial charge in [0, 0.05) is 5.41 Å². The second-order valence-electron chi connectivity index (χ2n) is 6.03. The third-order valence-electron chi connectivity index (χ3n) is 4.56. The van der Waals surface area contributed by atoms with E-state index >= 15 is 0 Å². The van der Waals surface area contributed by atoms with Crippen LogP contribution in [0.3, 0.4) is 0 Å². The summed E-state index contributed by atoms with van der Waals surface area (Å²) < 4.78 is 0. The van der Waals surface area contributed by atoms with E-state index < -0.39 is 0 Å². The number of hydrogen-bond donors (Lipinski definition) is 0. The lowest BCUT2D eigenvalue weighted by molar-refractivity contribution is 0.244. The van der Waals surface area contributed by atoms with Crippen molar-refractivity contribution in [3.8, 4) is 0 Å². The van der Waals surface area contributed by atoms with Crippen molar-refractivity contribution >= 4 is 0 Å². The quantitative estimate of drug-likeness (QED) is 0.542. The molecule has 2 rings (SSSR count). The predicted molar refractivity (Wildman–Crippen MR) is 66.7 cm³/mol. The van der Waals surface area contributed by atoms with Gasteiger partial charge in [-0.1, -0.05) is 44.1 Å². The molecule has 0 radical (unpaired) electrons. The molecule has 0 aromatic carbocycles. The van der Waals surface area contributed by atoms with E-state index in [0.717, 1.165) is 11.8 Å². The molecule has 0 spiro atoms. The van der Waals surface area contributed by atoms with Gasteiger partial charge in [0.1, 0.15) is 0 Å². The second kappa shape index (κ2) is 3.81. The SMILES string of the molecule is CC1=C2CC(C(C)C)CCC2(C)C=CC1. The summed E-state index contributed by atoms with van der Waals surface area (Å²) in [4.78, 5) is 0. The lowest BCUT2D eigenvalue weighted by Gasteiger charge is -2.42. The van der Waals surface area contributed by atoms with Crippen LogP contribution >= 0.6 is 0 Å². The predicted octanol–water partition coefficient (Wildman–Crippen LogP) is 4.73. The number of rotatable bonds is 1. The van der Waals surface area contributed by atoms with Gasteiger partial charge in [-0.25, -0.2) is 0 Å². The first-order chi connectivity index (χ1) is 7.03. The van der Waals surface area contributed by atoms with Gasteiger partial charge in [-0.15, -0.1) is 0 Å². The summed E-state index contributed by atoms with van der Waals surface area (Å²) in [6, 6.07) is 0. The molecule has 0 bridgehead atoms. The maximum absolute atomic E-state index is 2.46. The van der Waals surface area contributed by atoms with Gasteiger partial charge in [-0.2, -0.15) is 0 Å². The Morgan fingerprint density at radius 1 is 1.40 bits per heavy atom. The monoisotopic (exact) mass is 204 g/mol. The van der Waals surface area contributed by atoms with Crippen molar-refractivity contribution in [1.29, 1.82) is 0 Å². The summed E-state index contributed by atoms with van der Waals surface area (Å²) in [7, 11) is 0. The molecular weight excluding hydrogens is 180 g/mol. The lowest BCUT2D eigenvalue weighted by atomic mass is 9.63. The van der Waals surface area contributed by atoms with Crippen molar-refractivity contribution in [3.63, 3.8) is 0 Å². The molecule has 0 aromatic heterocycles. The maximum Gasteiger partial charge on any atom is 0.00654 e. The van der Waals surface area contributed by atoms with E-state index in [1.54, 1.807) is 11.1 Å². The highest BCUT2D eigenvalue weighted by Gasteiger charge is 2.36. The van der Waals surface area contributed by atoms with Crippen LogP contribution in [-0.4, -0.2) is 0 Å². The fourth-order valence-electron chi connectivity index (χ4n) is 3.27. The molecule has 0 saturated heterocycles. The van der Waals surface area contributed by atoms with E-state index in [9.17, 15) is 0 Å².